The summed E-state index contributed by atoms with van der Waals surface area (Å²) in [5.74, 6) is 0.951. The van der Waals surface area contributed by atoms with Crippen LogP contribution in [0.15, 0.2) is 24.3 Å². The summed E-state index contributed by atoms with van der Waals surface area (Å²) in [6, 6.07) is 8.86. The molecule has 1 aromatic carbocycles. The van der Waals surface area contributed by atoms with Crippen molar-refractivity contribution >= 4 is 0 Å². The first-order valence-corrected chi connectivity index (χ1v) is 7.72. The minimum Gasteiger partial charge on any atom is -0.494 e. The lowest BCUT2D eigenvalue weighted by atomic mass is 10.00. The number of nitrogens with zero attached hydrogens (tertiary/aromatic N) is 1. The van der Waals surface area contributed by atoms with Gasteiger partial charge in [-0.15, -0.1) is 0 Å². The average Bonchev–Trinajstić information content (AvgIpc) is 2.76. The Morgan fingerprint density at radius 1 is 1.30 bits per heavy atom. The number of likely N-dealkylation sites (N-methyl/N-ethyl adjacent to an activating group) is 1. The maximum atomic E-state index is 5.51. The Morgan fingerprint density at radius 3 is 2.50 bits per heavy atom. The third-order valence-electron chi connectivity index (χ3n) is 4.42. The molecule has 1 atom stereocenters. The maximum Gasteiger partial charge on any atom is 0.119 e. The minimum atomic E-state index is 0.334. The monoisotopic (exact) mass is 276 g/mol. The number of benzene rings is 1. The van der Waals surface area contributed by atoms with Crippen LogP contribution in [0.5, 0.6) is 5.75 Å². The fourth-order valence-corrected chi connectivity index (χ4v) is 3.05. The highest BCUT2D eigenvalue weighted by Gasteiger charge is 2.33. The van der Waals surface area contributed by atoms with E-state index in [4.69, 9.17) is 4.74 Å². The van der Waals surface area contributed by atoms with Crippen LogP contribution in [0, 0.1) is 0 Å². The summed E-state index contributed by atoms with van der Waals surface area (Å²) in [5, 5.41) is 3.45. The molecule has 112 valence electrons. The zero-order valence-electron chi connectivity index (χ0n) is 13.3. The summed E-state index contributed by atoms with van der Waals surface area (Å²) in [6.07, 6.45) is 2.61. The van der Waals surface area contributed by atoms with E-state index >= 15 is 0 Å². The third-order valence-corrected chi connectivity index (χ3v) is 4.42. The molecule has 2 rings (SSSR count). The summed E-state index contributed by atoms with van der Waals surface area (Å²) in [4.78, 5) is 2.60. The van der Waals surface area contributed by atoms with Gasteiger partial charge in [-0.1, -0.05) is 12.1 Å². The molecule has 1 saturated heterocycles. The molecule has 3 nitrogen and oxygen atoms in total. The van der Waals surface area contributed by atoms with Crippen LogP contribution in [0.2, 0.25) is 0 Å². The quantitative estimate of drug-likeness (QED) is 0.863. The fraction of sp³-hybridized carbons (Fsp3) is 0.647. The number of likely N-dealkylation sites (tertiary alicyclic amines) is 1. The number of ether oxygens (including phenoxy) is 1. The number of hydrogen-bond acceptors (Lipinski definition) is 3. The summed E-state index contributed by atoms with van der Waals surface area (Å²) in [7, 11) is 2.05. The highest BCUT2D eigenvalue weighted by Crippen LogP contribution is 2.30. The molecule has 20 heavy (non-hydrogen) atoms. The van der Waals surface area contributed by atoms with Gasteiger partial charge in [0, 0.05) is 18.1 Å². The molecule has 0 radical (unpaired) electrons. The lowest BCUT2D eigenvalue weighted by Gasteiger charge is -2.34. The van der Waals surface area contributed by atoms with E-state index in [1.807, 2.05) is 14.0 Å². The molecule has 0 saturated carbocycles. The Kier molecular flexibility index (Phi) is 5.06. The van der Waals surface area contributed by atoms with Crippen LogP contribution in [-0.2, 0) is 0 Å². The van der Waals surface area contributed by atoms with Gasteiger partial charge in [0.05, 0.1) is 6.61 Å². The lowest BCUT2D eigenvalue weighted by molar-refractivity contribution is 0.158. The van der Waals surface area contributed by atoms with Crippen molar-refractivity contribution in [2.45, 2.75) is 45.2 Å². The predicted octanol–water partition coefficient (Wildman–Crippen LogP) is 3.22. The van der Waals surface area contributed by atoms with Gasteiger partial charge >= 0.3 is 0 Å². The third kappa shape index (κ3) is 3.53. The number of nitrogens with one attached hydrogen (secondary N) is 1. The van der Waals surface area contributed by atoms with Crippen LogP contribution in [0.3, 0.4) is 0 Å². The molecule has 1 N–H and O–H groups in total. The van der Waals surface area contributed by atoms with Gasteiger partial charge in [-0.05, 0) is 64.9 Å². The summed E-state index contributed by atoms with van der Waals surface area (Å²) >= 11 is 0. The Labute approximate surface area is 123 Å². The molecule has 0 aliphatic carbocycles. The van der Waals surface area contributed by atoms with Crippen molar-refractivity contribution < 1.29 is 4.74 Å². The number of hydrogen-bond donors (Lipinski definition) is 1. The molecule has 1 aromatic rings. The van der Waals surface area contributed by atoms with Crippen molar-refractivity contribution in [2.75, 3.05) is 26.7 Å². The van der Waals surface area contributed by atoms with E-state index in [-0.39, 0.29) is 0 Å². The topological polar surface area (TPSA) is 24.5 Å². The van der Waals surface area contributed by atoms with Gasteiger partial charge in [0.15, 0.2) is 0 Å². The fourth-order valence-electron chi connectivity index (χ4n) is 3.05. The summed E-state index contributed by atoms with van der Waals surface area (Å²) in [6.45, 7) is 9.71. The first kappa shape index (κ1) is 15.3. The van der Waals surface area contributed by atoms with Crippen molar-refractivity contribution in [1.82, 2.24) is 10.2 Å². The van der Waals surface area contributed by atoms with Crippen molar-refractivity contribution in [3.8, 4) is 5.75 Å². The van der Waals surface area contributed by atoms with Gasteiger partial charge in [-0.3, -0.25) is 4.90 Å². The zero-order chi connectivity index (χ0) is 14.6. The largest absolute Gasteiger partial charge is 0.494 e. The molecule has 0 amide bonds. The number of rotatable bonds is 6. The normalized spacial score (nSPS) is 20.0. The van der Waals surface area contributed by atoms with Gasteiger partial charge in [-0.2, -0.15) is 0 Å². The smallest absolute Gasteiger partial charge is 0.119 e. The van der Waals surface area contributed by atoms with E-state index in [1.54, 1.807) is 0 Å². The van der Waals surface area contributed by atoms with Crippen molar-refractivity contribution in [1.29, 1.82) is 0 Å². The van der Waals surface area contributed by atoms with Crippen molar-refractivity contribution in [3.63, 3.8) is 0 Å². The van der Waals surface area contributed by atoms with E-state index in [2.05, 4.69) is 48.3 Å². The molecule has 1 aliphatic heterocycles. The van der Waals surface area contributed by atoms with Gasteiger partial charge < -0.3 is 10.1 Å². The van der Waals surface area contributed by atoms with Crippen LogP contribution in [0.25, 0.3) is 0 Å². The molecule has 1 unspecified atom stereocenters. The molecule has 1 aliphatic rings. The molecular formula is C17H28N2O. The maximum absolute atomic E-state index is 5.51. The molecule has 1 fully saturated rings. The van der Waals surface area contributed by atoms with Gasteiger partial charge in [0.25, 0.3) is 0 Å². The second-order valence-electron chi connectivity index (χ2n) is 6.21. The second-order valence-corrected chi connectivity index (χ2v) is 6.21. The van der Waals surface area contributed by atoms with Crippen LogP contribution >= 0.6 is 0 Å². The minimum absolute atomic E-state index is 0.334. The van der Waals surface area contributed by atoms with E-state index in [1.165, 1.54) is 24.9 Å². The SMILES string of the molecule is CCOc1ccc(C(CN2CCCC2(C)C)NC)cc1. The van der Waals surface area contributed by atoms with E-state index in [0.29, 0.717) is 11.6 Å². The highest BCUT2D eigenvalue weighted by atomic mass is 16.5. The summed E-state index contributed by atoms with van der Waals surface area (Å²) < 4.78 is 5.51. The van der Waals surface area contributed by atoms with Crippen molar-refractivity contribution in [2.24, 2.45) is 0 Å². The Balaban J connectivity index is 2.04. The van der Waals surface area contributed by atoms with Gasteiger partial charge in [0.2, 0.25) is 0 Å². The second kappa shape index (κ2) is 6.59. The van der Waals surface area contributed by atoms with Gasteiger partial charge in [0.1, 0.15) is 5.75 Å². The van der Waals surface area contributed by atoms with Crippen LogP contribution < -0.4 is 10.1 Å². The Hall–Kier alpha value is -1.06. The lowest BCUT2D eigenvalue weighted by Crippen LogP contribution is -2.42. The zero-order valence-corrected chi connectivity index (χ0v) is 13.3. The average molecular weight is 276 g/mol. The van der Waals surface area contributed by atoms with Crippen LogP contribution in [0.4, 0.5) is 0 Å². The summed E-state index contributed by atoms with van der Waals surface area (Å²) in [5.41, 5.74) is 1.67. The molecular weight excluding hydrogens is 248 g/mol. The van der Waals surface area contributed by atoms with E-state index < -0.39 is 0 Å². The highest BCUT2D eigenvalue weighted by molar-refractivity contribution is 5.29. The first-order valence-electron chi connectivity index (χ1n) is 7.72. The molecule has 1 heterocycles. The molecule has 3 heteroatoms. The molecule has 0 aromatic heterocycles. The first-order chi connectivity index (χ1) is 9.56. The molecule has 0 bridgehead atoms. The predicted molar refractivity (Wildman–Crippen MR) is 84.3 cm³/mol. The standard InChI is InChI=1S/C17H28N2O/c1-5-20-15-9-7-14(8-10-15)16(18-4)13-19-12-6-11-17(19,2)3/h7-10,16,18H,5-6,11-13H2,1-4H3. The van der Waals surface area contributed by atoms with E-state index in [0.717, 1.165) is 18.9 Å². The Bertz CT molecular complexity index is 414. The van der Waals surface area contributed by atoms with Crippen LogP contribution in [0.1, 0.15) is 45.2 Å². The van der Waals surface area contributed by atoms with Crippen LogP contribution in [-0.4, -0.2) is 37.2 Å². The Morgan fingerprint density at radius 2 is 2.00 bits per heavy atom. The van der Waals surface area contributed by atoms with Gasteiger partial charge in [-0.25, -0.2) is 0 Å². The van der Waals surface area contributed by atoms with E-state index in [9.17, 15) is 0 Å². The van der Waals surface area contributed by atoms with Crippen molar-refractivity contribution in [3.05, 3.63) is 29.8 Å². The molecule has 0 spiro atoms.